The fourth-order valence-corrected chi connectivity index (χ4v) is 3.55. The highest BCUT2D eigenvalue weighted by Gasteiger charge is 2.38. The second-order valence-corrected chi connectivity index (χ2v) is 6.67. The highest BCUT2D eigenvalue weighted by molar-refractivity contribution is 5.80. The molecule has 8 nitrogen and oxygen atoms in total. The monoisotopic (exact) mass is 400 g/mol. The molecule has 0 spiro atoms. The predicted molar refractivity (Wildman–Crippen MR) is 92.8 cm³/mol. The zero-order chi connectivity index (χ0) is 20.8. The molecule has 1 fully saturated rings. The van der Waals surface area contributed by atoms with E-state index in [4.69, 9.17) is 4.74 Å². The predicted octanol–water partition coefficient (Wildman–Crippen LogP) is 0.961. The summed E-state index contributed by atoms with van der Waals surface area (Å²) in [6.07, 6.45) is -3.82. The first kappa shape index (κ1) is 20.1. The van der Waals surface area contributed by atoms with E-state index in [-0.39, 0.29) is 23.9 Å². The van der Waals surface area contributed by atoms with Crippen LogP contribution in [0, 0.1) is 0 Å². The molecule has 1 atom stereocenters. The fraction of sp³-hybridized carbons (Fsp3) is 0.529. The molecule has 0 aliphatic carbocycles. The van der Waals surface area contributed by atoms with Crippen molar-refractivity contribution in [1.82, 2.24) is 19.0 Å². The van der Waals surface area contributed by atoms with Crippen LogP contribution >= 0.6 is 0 Å². The lowest BCUT2D eigenvalue weighted by Gasteiger charge is -2.25. The summed E-state index contributed by atoms with van der Waals surface area (Å²) in [5.41, 5.74) is -3.39. The van der Waals surface area contributed by atoms with Crippen molar-refractivity contribution in [1.29, 1.82) is 0 Å². The average molecular weight is 400 g/mol. The van der Waals surface area contributed by atoms with Crippen LogP contribution in [0.4, 0.5) is 13.2 Å². The Kier molecular flexibility index (Phi) is 5.04. The number of alkyl halides is 3. The Labute approximate surface area is 157 Å². The van der Waals surface area contributed by atoms with E-state index in [0.29, 0.717) is 24.0 Å². The van der Waals surface area contributed by atoms with Crippen molar-refractivity contribution in [3.05, 3.63) is 38.2 Å². The number of carbonyl (C=O) groups is 1. The molecule has 0 bridgehead atoms. The number of rotatable bonds is 3. The number of amides is 1. The molecule has 3 heterocycles. The molecule has 152 valence electrons. The summed E-state index contributed by atoms with van der Waals surface area (Å²) in [4.78, 5) is 42.4. The van der Waals surface area contributed by atoms with Gasteiger partial charge in [-0.3, -0.25) is 18.7 Å². The Bertz CT molecular complexity index is 1060. The van der Waals surface area contributed by atoms with Gasteiger partial charge in [0.1, 0.15) is 12.3 Å². The van der Waals surface area contributed by atoms with Crippen molar-refractivity contribution < 1.29 is 22.7 Å². The molecule has 1 aliphatic rings. The first-order chi connectivity index (χ1) is 13.1. The lowest BCUT2D eigenvalue weighted by atomic mass is 10.0. The summed E-state index contributed by atoms with van der Waals surface area (Å²) < 4.78 is 47.6. The second-order valence-electron chi connectivity index (χ2n) is 6.67. The Morgan fingerprint density at radius 2 is 1.96 bits per heavy atom. The number of aryl methyl sites for hydroxylation is 1. The minimum atomic E-state index is -4.83. The third-order valence-electron chi connectivity index (χ3n) is 4.92. The quantitative estimate of drug-likeness (QED) is 0.766. The van der Waals surface area contributed by atoms with Gasteiger partial charge in [-0.2, -0.15) is 13.2 Å². The lowest BCUT2D eigenvalue weighted by molar-refractivity contribution is -0.136. The molecule has 0 saturated carbocycles. The molecule has 0 N–H and O–H groups in total. The van der Waals surface area contributed by atoms with Crippen molar-refractivity contribution >= 4 is 16.9 Å². The summed E-state index contributed by atoms with van der Waals surface area (Å²) in [6.45, 7) is 0.165. The topological polar surface area (TPSA) is 86.4 Å². The number of ether oxygens (including phenoxy) is 1. The largest absolute Gasteiger partial charge is 0.417 e. The van der Waals surface area contributed by atoms with Crippen LogP contribution in [-0.2, 0) is 29.8 Å². The molecule has 28 heavy (non-hydrogen) atoms. The Morgan fingerprint density at radius 1 is 1.29 bits per heavy atom. The van der Waals surface area contributed by atoms with Crippen LogP contribution in [0.3, 0.4) is 0 Å². The van der Waals surface area contributed by atoms with E-state index in [9.17, 15) is 27.6 Å². The third-order valence-corrected chi connectivity index (χ3v) is 4.92. The van der Waals surface area contributed by atoms with Crippen molar-refractivity contribution in [3.63, 3.8) is 0 Å². The maximum Gasteiger partial charge on any atom is 0.417 e. The van der Waals surface area contributed by atoms with Crippen molar-refractivity contribution in [2.75, 3.05) is 20.3 Å². The van der Waals surface area contributed by atoms with E-state index in [2.05, 4.69) is 4.98 Å². The SMILES string of the molecule is COCC(=O)N1CCC[C@@H]1c1cc(C(F)(F)F)c2c(=O)n(C)c(=O)n(C)c2n1. The van der Waals surface area contributed by atoms with E-state index in [1.165, 1.54) is 19.1 Å². The smallest absolute Gasteiger partial charge is 0.375 e. The van der Waals surface area contributed by atoms with Crippen LogP contribution in [0.5, 0.6) is 0 Å². The minimum Gasteiger partial charge on any atom is -0.375 e. The van der Waals surface area contributed by atoms with Crippen LogP contribution in [0.2, 0.25) is 0 Å². The first-order valence-electron chi connectivity index (χ1n) is 8.54. The first-order valence-corrected chi connectivity index (χ1v) is 8.54. The zero-order valence-corrected chi connectivity index (χ0v) is 15.5. The average Bonchev–Trinajstić information content (AvgIpc) is 3.13. The summed E-state index contributed by atoms with van der Waals surface area (Å²) in [5, 5.41) is -0.673. The molecular formula is C17H19F3N4O4. The Hall–Kier alpha value is -2.69. The molecule has 2 aromatic heterocycles. The third kappa shape index (κ3) is 3.19. The molecular weight excluding hydrogens is 381 g/mol. The molecule has 1 amide bonds. The molecule has 3 rings (SSSR count). The fourth-order valence-electron chi connectivity index (χ4n) is 3.55. The number of aromatic nitrogens is 3. The second kappa shape index (κ2) is 7.04. The number of pyridine rings is 1. The summed E-state index contributed by atoms with van der Waals surface area (Å²) in [5.74, 6) is -0.363. The number of nitrogens with zero attached hydrogens (tertiary/aromatic N) is 4. The number of halogens is 3. The summed E-state index contributed by atoms with van der Waals surface area (Å²) >= 11 is 0. The number of likely N-dealkylation sites (tertiary alicyclic amines) is 1. The minimum absolute atomic E-state index is 0.00923. The molecule has 0 radical (unpaired) electrons. The Balaban J connectivity index is 2.30. The standard InChI is InChI=1S/C17H19F3N4O4/c1-22-14-13(15(26)23(2)16(22)27)9(17(18,19)20)7-10(21-14)11-5-4-6-24(11)12(25)8-28-3/h7,11H,4-6,8H2,1-3H3/t11-/m1/s1. The lowest BCUT2D eigenvalue weighted by Crippen LogP contribution is -2.39. The van der Waals surface area contributed by atoms with Crippen molar-refractivity contribution in [2.24, 2.45) is 14.1 Å². The number of fused-ring (bicyclic) bond motifs is 1. The van der Waals surface area contributed by atoms with Gasteiger partial charge in [0.2, 0.25) is 5.91 Å². The number of methoxy groups -OCH3 is 1. The van der Waals surface area contributed by atoms with Gasteiger partial charge in [-0.15, -0.1) is 0 Å². The zero-order valence-electron chi connectivity index (χ0n) is 15.5. The van der Waals surface area contributed by atoms with Gasteiger partial charge < -0.3 is 9.64 Å². The van der Waals surface area contributed by atoms with E-state index < -0.39 is 34.4 Å². The molecule has 0 aromatic carbocycles. The van der Waals surface area contributed by atoms with Gasteiger partial charge in [-0.05, 0) is 18.9 Å². The highest BCUT2D eigenvalue weighted by Crippen LogP contribution is 2.37. The van der Waals surface area contributed by atoms with Gasteiger partial charge in [0, 0.05) is 27.7 Å². The normalized spacial score (nSPS) is 17.5. The van der Waals surface area contributed by atoms with Crippen molar-refractivity contribution in [3.8, 4) is 0 Å². The van der Waals surface area contributed by atoms with Crippen LogP contribution in [0.15, 0.2) is 15.7 Å². The van der Waals surface area contributed by atoms with E-state index in [1.807, 2.05) is 0 Å². The van der Waals surface area contributed by atoms with Gasteiger partial charge in [-0.25, -0.2) is 9.78 Å². The van der Waals surface area contributed by atoms with Crippen LogP contribution in [0.1, 0.15) is 30.1 Å². The molecule has 11 heteroatoms. The van der Waals surface area contributed by atoms with E-state index >= 15 is 0 Å². The number of hydrogen-bond donors (Lipinski definition) is 0. The van der Waals surface area contributed by atoms with E-state index in [1.54, 1.807) is 0 Å². The van der Waals surface area contributed by atoms with Gasteiger partial charge in [0.15, 0.2) is 0 Å². The van der Waals surface area contributed by atoms with Crippen LogP contribution in [0.25, 0.3) is 11.0 Å². The number of hydrogen-bond acceptors (Lipinski definition) is 5. The van der Waals surface area contributed by atoms with Gasteiger partial charge in [-0.1, -0.05) is 0 Å². The van der Waals surface area contributed by atoms with E-state index in [0.717, 1.165) is 17.7 Å². The molecule has 0 unspecified atom stereocenters. The Morgan fingerprint density at radius 3 is 2.57 bits per heavy atom. The molecule has 1 aliphatic heterocycles. The maximum atomic E-state index is 13.7. The van der Waals surface area contributed by atoms with Gasteiger partial charge in [0.25, 0.3) is 5.56 Å². The molecule has 2 aromatic rings. The van der Waals surface area contributed by atoms with Gasteiger partial charge >= 0.3 is 11.9 Å². The highest BCUT2D eigenvalue weighted by atomic mass is 19.4. The van der Waals surface area contributed by atoms with Crippen molar-refractivity contribution in [2.45, 2.75) is 25.1 Å². The number of carbonyl (C=O) groups excluding carboxylic acids is 1. The maximum absolute atomic E-state index is 13.7. The van der Waals surface area contributed by atoms with Crippen LogP contribution in [-0.4, -0.2) is 45.2 Å². The summed E-state index contributed by atoms with van der Waals surface area (Å²) in [6, 6.07) is 0.115. The molecule has 1 saturated heterocycles. The van der Waals surface area contributed by atoms with Gasteiger partial charge in [0.05, 0.1) is 22.7 Å². The van der Waals surface area contributed by atoms with Crippen LogP contribution < -0.4 is 11.2 Å². The summed E-state index contributed by atoms with van der Waals surface area (Å²) in [7, 11) is 3.72.